The van der Waals surface area contributed by atoms with Crippen LogP contribution in [0.2, 0.25) is 0 Å². The highest BCUT2D eigenvalue weighted by Crippen LogP contribution is 2.23. The van der Waals surface area contributed by atoms with Crippen LogP contribution in [0.4, 0.5) is 13.2 Å². The van der Waals surface area contributed by atoms with Crippen LogP contribution in [0.3, 0.4) is 0 Å². The summed E-state index contributed by atoms with van der Waals surface area (Å²) in [7, 11) is 0. The van der Waals surface area contributed by atoms with E-state index < -0.39 is 12.6 Å². The van der Waals surface area contributed by atoms with Crippen LogP contribution in [-0.2, 0) is 0 Å². The van der Waals surface area contributed by atoms with E-state index in [4.69, 9.17) is 5.73 Å². The van der Waals surface area contributed by atoms with Gasteiger partial charge in [-0.25, -0.2) is 0 Å². The number of thioether (sulfide) groups is 1. The fraction of sp³-hybridized carbons (Fsp3) is 1.00. The van der Waals surface area contributed by atoms with Crippen molar-refractivity contribution in [2.75, 3.05) is 5.75 Å². The van der Waals surface area contributed by atoms with Crippen molar-refractivity contribution in [3.05, 3.63) is 0 Å². The molecule has 5 heteroatoms. The minimum atomic E-state index is -4.04. The molecule has 2 unspecified atom stereocenters. The van der Waals surface area contributed by atoms with Gasteiger partial charge in [-0.05, 0) is 19.3 Å². The molecule has 2 N–H and O–H groups in total. The molecular weight excluding hydrogens is 223 g/mol. The quantitative estimate of drug-likeness (QED) is 0.739. The summed E-state index contributed by atoms with van der Waals surface area (Å²) >= 11 is 1.74. The van der Waals surface area contributed by atoms with Gasteiger partial charge in [0.25, 0.3) is 0 Å². The van der Waals surface area contributed by atoms with Gasteiger partial charge in [0.1, 0.15) is 0 Å². The first kappa shape index (κ1) is 15.1. The molecule has 0 aromatic rings. The average Bonchev–Trinajstić information content (AvgIpc) is 2.12. The lowest BCUT2D eigenvalue weighted by Crippen LogP contribution is -2.24. The first-order valence-corrected chi connectivity index (χ1v) is 6.34. The lowest BCUT2D eigenvalue weighted by Gasteiger charge is -2.14. The molecule has 1 nitrogen and oxygen atoms in total. The third-order valence-corrected chi connectivity index (χ3v) is 3.73. The van der Waals surface area contributed by atoms with Crippen molar-refractivity contribution in [3.8, 4) is 0 Å². The van der Waals surface area contributed by atoms with Gasteiger partial charge in [0, 0.05) is 23.5 Å². The van der Waals surface area contributed by atoms with Crippen LogP contribution < -0.4 is 5.73 Å². The van der Waals surface area contributed by atoms with Crippen molar-refractivity contribution in [2.45, 2.75) is 57.0 Å². The van der Waals surface area contributed by atoms with Crippen LogP contribution in [0.5, 0.6) is 0 Å². The summed E-state index contributed by atoms with van der Waals surface area (Å²) in [5, 5.41) is 0.540. The second-order valence-corrected chi connectivity index (χ2v) is 5.29. The van der Waals surface area contributed by atoms with Gasteiger partial charge in [-0.1, -0.05) is 13.8 Å². The van der Waals surface area contributed by atoms with Gasteiger partial charge in [0.15, 0.2) is 0 Å². The molecule has 2 atom stereocenters. The maximum absolute atomic E-state index is 11.8. The monoisotopic (exact) mass is 243 g/mol. The lowest BCUT2D eigenvalue weighted by atomic mass is 10.1. The molecule has 0 radical (unpaired) electrons. The molecule has 92 valence electrons. The van der Waals surface area contributed by atoms with Gasteiger partial charge in [-0.15, -0.1) is 0 Å². The molecule has 0 saturated heterocycles. The summed E-state index contributed by atoms with van der Waals surface area (Å²) < 4.78 is 35.5. The molecule has 0 aromatic carbocycles. The van der Waals surface area contributed by atoms with E-state index in [-0.39, 0.29) is 12.5 Å². The molecule has 0 aromatic heterocycles. The SMILES string of the molecule is CCC(C)SCC(N)CCCC(F)(F)F. The first-order chi connectivity index (χ1) is 6.85. The van der Waals surface area contributed by atoms with Gasteiger partial charge in [0.2, 0.25) is 0 Å². The summed E-state index contributed by atoms with van der Waals surface area (Å²) in [6, 6.07) is -0.105. The Balaban J connectivity index is 3.45. The van der Waals surface area contributed by atoms with Gasteiger partial charge < -0.3 is 5.73 Å². The molecule has 0 aliphatic rings. The zero-order chi connectivity index (χ0) is 11.9. The van der Waals surface area contributed by atoms with E-state index >= 15 is 0 Å². The summed E-state index contributed by atoms with van der Waals surface area (Å²) in [5.74, 6) is 0.757. The third-order valence-electron chi connectivity index (χ3n) is 2.20. The van der Waals surface area contributed by atoms with Crippen LogP contribution in [0.15, 0.2) is 0 Å². The second-order valence-electron chi connectivity index (χ2n) is 3.82. The molecule has 0 saturated carbocycles. The minimum absolute atomic E-state index is 0.105. The Bertz CT molecular complexity index is 161. The third kappa shape index (κ3) is 10.4. The van der Waals surface area contributed by atoms with Crippen molar-refractivity contribution in [1.82, 2.24) is 0 Å². The van der Waals surface area contributed by atoms with Gasteiger partial charge in [0.05, 0.1) is 0 Å². The molecule has 0 amide bonds. The highest BCUT2D eigenvalue weighted by molar-refractivity contribution is 7.99. The zero-order valence-electron chi connectivity index (χ0n) is 9.31. The Morgan fingerprint density at radius 2 is 1.93 bits per heavy atom. The molecule has 0 bridgehead atoms. The Labute approximate surface area is 94.0 Å². The normalized spacial score (nSPS) is 16.4. The summed E-state index contributed by atoms with van der Waals surface area (Å²) in [4.78, 5) is 0. The fourth-order valence-corrected chi connectivity index (χ4v) is 2.03. The van der Waals surface area contributed by atoms with E-state index in [1.807, 2.05) is 0 Å². The van der Waals surface area contributed by atoms with Gasteiger partial charge >= 0.3 is 6.18 Å². The Hall–Kier alpha value is 0.100. The van der Waals surface area contributed by atoms with E-state index in [1.54, 1.807) is 11.8 Å². The number of halogens is 3. The van der Waals surface area contributed by atoms with Crippen LogP contribution in [0.25, 0.3) is 0 Å². The molecule has 0 aliphatic carbocycles. The largest absolute Gasteiger partial charge is 0.389 e. The summed E-state index contributed by atoms with van der Waals surface area (Å²) in [6.07, 6.45) is -3.08. The molecular formula is C10H20F3NS. The smallest absolute Gasteiger partial charge is 0.327 e. The topological polar surface area (TPSA) is 26.0 Å². The highest BCUT2D eigenvalue weighted by Gasteiger charge is 2.26. The Morgan fingerprint density at radius 3 is 2.40 bits per heavy atom. The molecule has 0 fully saturated rings. The Kier molecular flexibility index (Phi) is 7.44. The molecule has 15 heavy (non-hydrogen) atoms. The number of hydrogen-bond acceptors (Lipinski definition) is 2. The number of rotatable bonds is 7. The second kappa shape index (κ2) is 7.39. The molecule has 0 heterocycles. The van der Waals surface area contributed by atoms with Gasteiger partial charge in [-0.2, -0.15) is 24.9 Å². The molecule has 0 aliphatic heterocycles. The Morgan fingerprint density at radius 1 is 1.33 bits per heavy atom. The van der Waals surface area contributed by atoms with Crippen molar-refractivity contribution >= 4 is 11.8 Å². The summed E-state index contributed by atoms with van der Waals surface area (Å²) in [5.41, 5.74) is 5.72. The van der Waals surface area contributed by atoms with Crippen LogP contribution in [-0.4, -0.2) is 23.2 Å². The van der Waals surface area contributed by atoms with Crippen molar-refractivity contribution in [1.29, 1.82) is 0 Å². The minimum Gasteiger partial charge on any atom is -0.327 e. The van der Waals surface area contributed by atoms with E-state index in [0.29, 0.717) is 11.7 Å². The highest BCUT2D eigenvalue weighted by atomic mass is 32.2. The number of hydrogen-bond donors (Lipinski definition) is 1. The standard InChI is InChI=1S/C10H20F3NS/c1-3-8(2)15-7-9(14)5-4-6-10(11,12)13/h8-9H,3-7,14H2,1-2H3. The lowest BCUT2D eigenvalue weighted by molar-refractivity contribution is -0.135. The van der Waals surface area contributed by atoms with Crippen molar-refractivity contribution in [3.63, 3.8) is 0 Å². The first-order valence-electron chi connectivity index (χ1n) is 5.29. The van der Waals surface area contributed by atoms with E-state index in [1.165, 1.54) is 0 Å². The van der Waals surface area contributed by atoms with Crippen LogP contribution in [0.1, 0.15) is 39.5 Å². The van der Waals surface area contributed by atoms with Crippen molar-refractivity contribution < 1.29 is 13.2 Å². The average molecular weight is 243 g/mol. The van der Waals surface area contributed by atoms with Crippen molar-refractivity contribution in [2.24, 2.45) is 5.73 Å². The van der Waals surface area contributed by atoms with Crippen LogP contribution in [0, 0.1) is 0 Å². The maximum atomic E-state index is 11.8. The number of nitrogens with two attached hydrogens (primary N) is 1. The summed E-state index contributed by atoms with van der Waals surface area (Å²) in [6.45, 7) is 4.19. The predicted molar refractivity (Wildman–Crippen MR) is 60.1 cm³/mol. The zero-order valence-corrected chi connectivity index (χ0v) is 10.1. The molecule has 0 spiro atoms. The molecule has 0 rings (SSSR count). The van der Waals surface area contributed by atoms with E-state index in [2.05, 4.69) is 13.8 Å². The van der Waals surface area contributed by atoms with E-state index in [0.717, 1.165) is 12.2 Å². The van der Waals surface area contributed by atoms with Gasteiger partial charge in [-0.3, -0.25) is 0 Å². The fourth-order valence-electron chi connectivity index (χ4n) is 1.05. The van der Waals surface area contributed by atoms with E-state index in [9.17, 15) is 13.2 Å². The predicted octanol–water partition coefficient (Wildman–Crippen LogP) is 3.58. The number of alkyl halides is 3. The maximum Gasteiger partial charge on any atom is 0.389 e. The van der Waals surface area contributed by atoms with Crippen LogP contribution >= 0.6 is 11.8 Å².